The van der Waals surface area contributed by atoms with E-state index in [1.165, 1.54) is 12.1 Å². The molecule has 1 heterocycles. The molecule has 1 aromatic carbocycles. The van der Waals surface area contributed by atoms with Gasteiger partial charge in [0.05, 0.1) is 6.04 Å². The van der Waals surface area contributed by atoms with Gasteiger partial charge in [0.15, 0.2) is 0 Å². The van der Waals surface area contributed by atoms with E-state index in [-0.39, 0.29) is 30.3 Å². The summed E-state index contributed by atoms with van der Waals surface area (Å²) in [7, 11) is 3.78. The number of nitrogens with zero attached hydrogens (tertiary/aromatic N) is 1. The lowest BCUT2D eigenvalue weighted by Gasteiger charge is -2.25. The number of nitrogens with one attached hydrogen (secondary N) is 3. The second-order valence-corrected chi connectivity index (χ2v) is 5.18. The molecule has 0 unspecified atom stereocenters. The number of urea groups is 1. The Morgan fingerprint density at radius 3 is 2.62 bits per heavy atom. The first-order valence-corrected chi connectivity index (χ1v) is 6.71. The van der Waals surface area contributed by atoms with Crippen molar-refractivity contribution in [3.05, 3.63) is 35.6 Å². The molecule has 7 heteroatoms. The van der Waals surface area contributed by atoms with Crippen molar-refractivity contribution in [1.29, 1.82) is 0 Å². The van der Waals surface area contributed by atoms with Gasteiger partial charge >= 0.3 is 6.03 Å². The Morgan fingerprint density at radius 2 is 2.10 bits per heavy atom. The Kier molecular flexibility index (Phi) is 4.74. The van der Waals surface area contributed by atoms with E-state index in [9.17, 15) is 14.0 Å². The lowest BCUT2D eigenvalue weighted by molar-refractivity contribution is -0.122. The van der Waals surface area contributed by atoms with Crippen LogP contribution in [0.1, 0.15) is 11.6 Å². The van der Waals surface area contributed by atoms with Crippen molar-refractivity contribution in [3.63, 3.8) is 0 Å². The van der Waals surface area contributed by atoms with Crippen molar-refractivity contribution in [3.8, 4) is 0 Å². The molecule has 0 radical (unpaired) electrons. The third-order valence-corrected chi connectivity index (χ3v) is 3.44. The maximum absolute atomic E-state index is 13.0. The van der Waals surface area contributed by atoms with Crippen LogP contribution in [0, 0.1) is 5.82 Å². The minimum Gasteiger partial charge on any atom is -0.352 e. The summed E-state index contributed by atoms with van der Waals surface area (Å²) in [4.78, 5) is 24.9. The molecular formula is C14H19FN4O2. The zero-order valence-corrected chi connectivity index (χ0v) is 12.0. The van der Waals surface area contributed by atoms with Gasteiger partial charge in [-0.3, -0.25) is 4.79 Å². The van der Waals surface area contributed by atoms with Crippen molar-refractivity contribution < 1.29 is 14.0 Å². The molecule has 114 valence electrons. The van der Waals surface area contributed by atoms with Crippen LogP contribution in [0.3, 0.4) is 0 Å². The van der Waals surface area contributed by atoms with Gasteiger partial charge in [-0.25, -0.2) is 9.18 Å². The third-order valence-electron chi connectivity index (χ3n) is 3.44. The Balaban J connectivity index is 1.95. The number of carbonyl (C=O) groups excluding carboxylic acids is 2. The van der Waals surface area contributed by atoms with Crippen LogP contribution in [-0.2, 0) is 4.79 Å². The summed E-state index contributed by atoms with van der Waals surface area (Å²) in [6.07, 6.45) is 0. The highest BCUT2D eigenvalue weighted by atomic mass is 19.1. The van der Waals surface area contributed by atoms with Gasteiger partial charge in [-0.15, -0.1) is 0 Å². The molecule has 1 aliphatic heterocycles. The van der Waals surface area contributed by atoms with Crippen LogP contribution < -0.4 is 16.0 Å². The highest BCUT2D eigenvalue weighted by Gasteiger charge is 2.27. The summed E-state index contributed by atoms with van der Waals surface area (Å²) in [5.41, 5.74) is 0.912. The van der Waals surface area contributed by atoms with Gasteiger partial charge in [0.1, 0.15) is 11.9 Å². The summed E-state index contributed by atoms with van der Waals surface area (Å²) in [6.45, 7) is 0.664. The van der Waals surface area contributed by atoms with Crippen LogP contribution in [0.2, 0.25) is 0 Å². The van der Waals surface area contributed by atoms with E-state index >= 15 is 0 Å². The number of amides is 3. The van der Waals surface area contributed by atoms with Gasteiger partial charge in [-0.1, -0.05) is 12.1 Å². The molecule has 0 bridgehead atoms. The van der Waals surface area contributed by atoms with Gasteiger partial charge < -0.3 is 20.9 Å². The number of hydrogen-bond acceptors (Lipinski definition) is 3. The molecule has 0 spiro atoms. The maximum atomic E-state index is 13.0. The molecule has 0 saturated carbocycles. The van der Waals surface area contributed by atoms with Crippen molar-refractivity contribution in [2.75, 3.05) is 27.2 Å². The summed E-state index contributed by atoms with van der Waals surface area (Å²) >= 11 is 0. The fourth-order valence-electron chi connectivity index (χ4n) is 2.22. The van der Waals surface area contributed by atoms with Gasteiger partial charge in [0.25, 0.3) is 0 Å². The molecule has 0 aromatic heterocycles. The molecule has 21 heavy (non-hydrogen) atoms. The monoisotopic (exact) mass is 294 g/mol. The number of benzene rings is 1. The first kappa shape index (κ1) is 15.2. The van der Waals surface area contributed by atoms with E-state index in [2.05, 4.69) is 16.0 Å². The fraction of sp³-hybridized carbons (Fsp3) is 0.429. The van der Waals surface area contributed by atoms with Crippen molar-refractivity contribution in [2.45, 2.75) is 12.1 Å². The third kappa shape index (κ3) is 3.91. The van der Waals surface area contributed by atoms with E-state index in [1.807, 2.05) is 19.0 Å². The van der Waals surface area contributed by atoms with E-state index < -0.39 is 6.04 Å². The van der Waals surface area contributed by atoms with E-state index in [0.29, 0.717) is 6.54 Å². The minimum atomic E-state index is -0.548. The summed E-state index contributed by atoms with van der Waals surface area (Å²) in [5, 5.41) is 7.88. The van der Waals surface area contributed by atoms with E-state index in [0.717, 1.165) is 5.56 Å². The van der Waals surface area contributed by atoms with Crippen LogP contribution in [0.15, 0.2) is 24.3 Å². The zero-order valence-electron chi connectivity index (χ0n) is 12.0. The Bertz CT molecular complexity index is 518. The van der Waals surface area contributed by atoms with Crippen molar-refractivity contribution >= 4 is 11.9 Å². The minimum absolute atomic E-state index is 0.0698. The second-order valence-electron chi connectivity index (χ2n) is 5.18. The Labute approximate surface area is 122 Å². The highest BCUT2D eigenvalue weighted by molar-refractivity contribution is 5.90. The number of halogens is 1. The van der Waals surface area contributed by atoms with Crippen LogP contribution in [0.5, 0.6) is 0 Å². The average Bonchev–Trinajstić information content (AvgIpc) is 2.87. The van der Waals surface area contributed by atoms with Gasteiger partial charge in [0, 0.05) is 13.1 Å². The first-order chi connectivity index (χ1) is 9.97. The van der Waals surface area contributed by atoms with Crippen LogP contribution in [0.25, 0.3) is 0 Å². The van der Waals surface area contributed by atoms with Crippen LogP contribution >= 0.6 is 0 Å². The SMILES string of the molecule is CN(C)[C@H](CNC(=O)[C@@H]1CNC(=O)N1)c1ccc(F)cc1. The maximum Gasteiger partial charge on any atom is 0.315 e. The van der Waals surface area contributed by atoms with Crippen molar-refractivity contribution in [2.24, 2.45) is 0 Å². The molecule has 2 atom stereocenters. The highest BCUT2D eigenvalue weighted by Crippen LogP contribution is 2.17. The van der Waals surface area contributed by atoms with Crippen LogP contribution in [-0.4, -0.2) is 50.1 Å². The Hall–Kier alpha value is -2.15. The zero-order chi connectivity index (χ0) is 15.4. The quantitative estimate of drug-likeness (QED) is 0.727. The molecule has 1 saturated heterocycles. The molecule has 6 nitrogen and oxygen atoms in total. The van der Waals surface area contributed by atoms with Gasteiger partial charge in [-0.2, -0.15) is 0 Å². The summed E-state index contributed by atoms with van der Waals surface area (Å²) in [6, 6.07) is 5.24. The summed E-state index contributed by atoms with van der Waals surface area (Å²) < 4.78 is 13.0. The van der Waals surface area contributed by atoms with E-state index in [4.69, 9.17) is 0 Å². The smallest absolute Gasteiger partial charge is 0.315 e. The predicted molar refractivity (Wildman–Crippen MR) is 76.2 cm³/mol. The number of likely N-dealkylation sites (N-methyl/N-ethyl adjacent to an activating group) is 1. The number of rotatable bonds is 5. The first-order valence-electron chi connectivity index (χ1n) is 6.71. The largest absolute Gasteiger partial charge is 0.352 e. The standard InChI is InChI=1S/C14H19FN4O2/c1-19(2)12(9-3-5-10(15)6-4-9)8-16-13(20)11-7-17-14(21)18-11/h3-6,11-12H,7-8H2,1-2H3,(H,16,20)(H2,17,18,21)/t11-,12+/m0/s1. The average molecular weight is 294 g/mol. The number of carbonyl (C=O) groups is 2. The molecular weight excluding hydrogens is 275 g/mol. The lowest BCUT2D eigenvalue weighted by atomic mass is 10.1. The summed E-state index contributed by atoms with van der Waals surface area (Å²) in [5.74, 6) is -0.526. The molecule has 3 amide bonds. The normalized spacial score (nSPS) is 19.0. The van der Waals surface area contributed by atoms with Crippen LogP contribution in [0.4, 0.5) is 9.18 Å². The second kappa shape index (κ2) is 6.53. The lowest BCUT2D eigenvalue weighted by Crippen LogP contribution is -2.45. The predicted octanol–water partition coefficient (Wildman–Crippen LogP) is 0.226. The van der Waals surface area contributed by atoms with Gasteiger partial charge in [-0.05, 0) is 31.8 Å². The topological polar surface area (TPSA) is 73.5 Å². The van der Waals surface area contributed by atoms with Gasteiger partial charge in [0.2, 0.25) is 5.91 Å². The molecule has 1 fully saturated rings. The molecule has 1 aliphatic rings. The molecule has 3 N–H and O–H groups in total. The molecule has 0 aliphatic carbocycles. The molecule has 2 rings (SSSR count). The Morgan fingerprint density at radius 1 is 1.43 bits per heavy atom. The fourth-order valence-corrected chi connectivity index (χ4v) is 2.22. The van der Waals surface area contributed by atoms with E-state index in [1.54, 1.807) is 12.1 Å². The molecule has 1 aromatic rings. The van der Waals surface area contributed by atoms with Crippen molar-refractivity contribution in [1.82, 2.24) is 20.9 Å². The number of hydrogen-bond donors (Lipinski definition) is 3.